The predicted octanol–water partition coefficient (Wildman–Crippen LogP) is 5.65. The van der Waals surface area contributed by atoms with Crippen LogP contribution in [0.3, 0.4) is 0 Å². The van der Waals surface area contributed by atoms with E-state index in [1.165, 1.54) is 0 Å². The van der Waals surface area contributed by atoms with Gasteiger partial charge in [-0.1, -0.05) is 29.8 Å². The SMILES string of the molecule is O=S(=O)(N1CCC(Nc2cnnc3ccc(C(c4ccc(Cl)cc4)c4nccs4)cc23)CC1)C(F)(F)F. The fourth-order valence-corrected chi connectivity index (χ4v) is 6.39. The Kier molecular flexibility index (Phi) is 7.10. The number of hydrogen-bond donors (Lipinski definition) is 1. The Labute approximate surface area is 220 Å². The largest absolute Gasteiger partial charge is 0.511 e. The molecule has 194 valence electrons. The van der Waals surface area contributed by atoms with Crippen molar-refractivity contribution in [3.63, 3.8) is 0 Å². The summed E-state index contributed by atoms with van der Waals surface area (Å²) in [6.45, 7) is -0.437. The zero-order valence-electron chi connectivity index (χ0n) is 19.2. The molecular weight excluding hydrogens is 547 g/mol. The van der Waals surface area contributed by atoms with E-state index in [9.17, 15) is 21.6 Å². The van der Waals surface area contributed by atoms with Crippen LogP contribution < -0.4 is 5.32 Å². The van der Waals surface area contributed by atoms with E-state index >= 15 is 0 Å². The van der Waals surface area contributed by atoms with Crippen LogP contribution in [0.5, 0.6) is 0 Å². The first kappa shape index (κ1) is 25.8. The van der Waals surface area contributed by atoms with Crippen molar-refractivity contribution in [1.82, 2.24) is 19.5 Å². The van der Waals surface area contributed by atoms with Crippen LogP contribution in [0.15, 0.2) is 60.2 Å². The van der Waals surface area contributed by atoms with E-state index in [0.717, 1.165) is 21.5 Å². The molecule has 0 bridgehead atoms. The number of hydrogen-bond acceptors (Lipinski definition) is 7. The summed E-state index contributed by atoms with van der Waals surface area (Å²) >= 11 is 7.65. The Bertz CT molecular complexity index is 1490. The molecule has 1 atom stereocenters. The molecular formula is C24H21ClF3N5O2S2. The number of halogens is 4. The number of rotatable bonds is 6. The van der Waals surface area contributed by atoms with Crippen LogP contribution in [0.1, 0.15) is 34.9 Å². The Morgan fingerprint density at radius 2 is 1.78 bits per heavy atom. The second kappa shape index (κ2) is 10.2. The first-order chi connectivity index (χ1) is 17.6. The second-order valence-electron chi connectivity index (χ2n) is 8.66. The summed E-state index contributed by atoms with van der Waals surface area (Å²) < 4.78 is 62.7. The third-order valence-electron chi connectivity index (χ3n) is 6.34. The van der Waals surface area contributed by atoms with Gasteiger partial charge in [-0.25, -0.2) is 13.4 Å². The number of anilines is 1. The molecule has 1 unspecified atom stereocenters. The highest BCUT2D eigenvalue weighted by molar-refractivity contribution is 7.90. The average molecular weight is 568 g/mol. The van der Waals surface area contributed by atoms with Crippen molar-refractivity contribution in [3.8, 4) is 0 Å². The molecule has 5 rings (SSSR count). The van der Waals surface area contributed by atoms with Crippen LogP contribution in [-0.4, -0.2) is 52.5 Å². The summed E-state index contributed by atoms with van der Waals surface area (Å²) in [6.07, 6.45) is 3.79. The molecule has 3 heterocycles. The van der Waals surface area contributed by atoms with Crippen molar-refractivity contribution in [2.24, 2.45) is 0 Å². The van der Waals surface area contributed by atoms with Gasteiger partial charge in [-0.15, -0.1) is 11.3 Å². The maximum Gasteiger partial charge on any atom is 0.511 e. The summed E-state index contributed by atoms with van der Waals surface area (Å²) in [7, 11) is -5.33. The molecule has 4 aromatic rings. The van der Waals surface area contributed by atoms with Gasteiger partial charge < -0.3 is 5.32 Å². The molecule has 2 aromatic carbocycles. The molecule has 1 saturated heterocycles. The quantitative estimate of drug-likeness (QED) is 0.324. The summed E-state index contributed by atoms with van der Waals surface area (Å²) in [5.74, 6) is -0.140. The van der Waals surface area contributed by atoms with Crippen molar-refractivity contribution in [3.05, 3.63) is 81.4 Å². The van der Waals surface area contributed by atoms with Gasteiger partial charge in [0, 0.05) is 41.1 Å². The molecule has 7 nitrogen and oxygen atoms in total. The lowest BCUT2D eigenvalue weighted by Crippen LogP contribution is -2.47. The van der Waals surface area contributed by atoms with Crippen LogP contribution in [0.4, 0.5) is 18.9 Å². The number of alkyl halides is 3. The van der Waals surface area contributed by atoms with Gasteiger partial charge in [0.25, 0.3) is 0 Å². The maximum absolute atomic E-state index is 12.9. The van der Waals surface area contributed by atoms with Crippen LogP contribution in [0.2, 0.25) is 5.02 Å². The van der Waals surface area contributed by atoms with Crippen molar-refractivity contribution in [2.75, 3.05) is 18.4 Å². The number of thiazole rings is 1. The fourth-order valence-electron chi connectivity index (χ4n) is 4.49. The molecule has 13 heteroatoms. The van der Waals surface area contributed by atoms with Gasteiger partial charge in [0.15, 0.2) is 0 Å². The van der Waals surface area contributed by atoms with Gasteiger partial charge in [0.2, 0.25) is 0 Å². The number of fused-ring (bicyclic) bond motifs is 1. The Balaban J connectivity index is 1.43. The Hall–Kier alpha value is -2.80. The van der Waals surface area contributed by atoms with E-state index in [1.807, 2.05) is 47.8 Å². The first-order valence-corrected chi connectivity index (χ1v) is 14.1. The topological polar surface area (TPSA) is 88.1 Å². The summed E-state index contributed by atoms with van der Waals surface area (Å²) in [5, 5.41) is 15.9. The molecule has 0 saturated carbocycles. The average Bonchev–Trinajstić information content (AvgIpc) is 3.40. The fraction of sp³-hybridized carbons (Fsp3) is 0.292. The summed E-state index contributed by atoms with van der Waals surface area (Å²) in [6, 6.07) is 13.2. The zero-order chi connectivity index (χ0) is 26.2. The molecule has 0 amide bonds. The highest BCUT2D eigenvalue weighted by Gasteiger charge is 2.50. The van der Waals surface area contributed by atoms with E-state index in [1.54, 1.807) is 23.7 Å². The molecule has 1 aliphatic heterocycles. The second-order valence-corrected chi connectivity index (χ2v) is 12.0. The molecule has 1 fully saturated rings. The molecule has 0 radical (unpaired) electrons. The van der Waals surface area contributed by atoms with Crippen LogP contribution >= 0.6 is 22.9 Å². The lowest BCUT2D eigenvalue weighted by Gasteiger charge is -2.32. The van der Waals surface area contributed by atoms with Crippen molar-refractivity contribution >= 4 is 49.6 Å². The maximum atomic E-state index is 12.9. The molecule has 1 N–H and O–H groups in total. The molecule has 0 aliphatic carbocycles. The smallest absolute Gasteiger partial charge is 0.380 e. The number of piperidine rings is 1. The Morgan fingerprint density at radius 3 is 2.43 bits per heavy atom. The molecule has 0 spiro atoms. The summed E-state index contributed by atoms with van der Waals surface area (Å²) in [4.78, 5) is 4.54. The van der Waals surface area contributed by atoms with Gasteiger partial charge in [-0.2, -0.15) is 27.7 Å². The minimum atomic E-state index is -5.33. The van der Waals surface area contributed by atoms with Gasteiger partial charge in [-0.05, 0) is 48.2 Å². The number of nitrogens with one attached hydrogen (secondary N) is 1. The lowest BCUT2D eigenvalue weighted by molar-refractivity contribution is -0.0494. The van der Waals surface area contributed by atoms with E-state index in [2.05, 4.69) is 20.5 Å². The van der Waals surface area contributed by atoms with Crippen molar-refractivity contribution in [2.45, 2.75) is 30.3 Å². The standard InChI is InChI=1S/C24H21ClF3N5O2S2/c25-17-4-1-15(2-5-17)22(23-29-9-12-36-23)16-3-6-20-19(13-16)21(14-30-32-20)31-18-7-10-33(11-8-18)37(34,35)24(26,27)28/h1-6,9,12-14,18,22H,7-8,10-11H2,(H,31,32). The van der Waals surface area contributed by atoms with Crippen LogP contribution in [0, 0.1) is 0 Å². The van der Waals surface area contributed by atoms with E-state index in [4.69, 9.17) is 11.6 Å². The lowest BCUT2D eigenvalue weighted by atomic mass is 9.90. The van der Waals surface area contributed by atoms with Crippen LogP contribution in [-0.2, 0) is 10.0 Å². The van der Waals surface area contributed by atoms with Gasteiger partial charge >= 0.3 is 15.5 Å². The third kappa shape index (κ3) is 5.28. The first-order valence-electron chi connectivity index (χ1n) is 11.4. The minimum absolute atomic E-state index is 0.140. The highest BCUT2D eigenvalue weighted by Crippen LogP contribution is 2.36. The van der Waals surface area contributed by atoms with Crippen molar-refractivity contribution < 1.29 is 21.6 Å². The number of sulfonamides is 1. The van der Waals surface area contributed by atoms with Crippen LogP contribution in [0.25, 0.3) is 10.9 Å². The summed E-state index contributed by atoms with van der Waals surface area (Å²) in [5.41, 5.74) is -1.97. The number of benzene rings is 2. The third-order valence-corrected chi connectivity index (χ3v) is 9.07. The highest BCUT2D eigenvalue weighted by atomic mass is 35.5. The predicted molar refractivity (Wildman–Crippen MR) is 137 cm³/mol. The molecule has 37 heavy (non-hydrogen) atoms. The number of aromatic nitrogens is 3. The Morgan fingerprint density at radius 1 is 1.08 bits per heavy atom. The minimum Gasteiger partial charge on any atom is -0.380 e. The van der Waals surface area contributed by atoms with E-state index < -0.39 is 15.5 Å². The van der Waals surface area contributed by atoms with Crippen molar-refractivity contribution in [1.29, 1.82) is 0 Å². The van der Waals surface area contributed by atoms with Gasteiger partial charge in [0.1, 0.15) is 5.01 Å². The van der Waals surface area contributed by atoms with Gasteiger partial charge in [0.05, 0.1) is 23.3 Å². The molecule has 1 aliphatic rings. The normalized spacial score (nSPS) is 16.6. The van der Waals surface area contributed by atoms with E-state index in [-0.39, 0.29) is 37.9 Å². The van der Waals surface area contributed by atoms with Gasteiger partial charge in [-0.3, -0.25) is 0 Å². The monoisotopic (exact) mass is 567 g/mol. The zero-order valence-corrected chi connectivity index (χ0v) is 21.6. The molecule has 2 aromatic heterocycles. The van der Waals surface area contributed by atoms with E-state index in [0.29, 0.717) is 20.5 Å². The number of nitrogens with zero attached hydrogens (tertiary/aromatic N) is 4.